The van der Waals surface area contributed by atoms with Crippen LogP contribution in [0.15, 0.2) is 18.2 Å². The van der Waals surface area contributed by atoms with Gasteiger partial charge in [0.15, 0.2) is 5.78 Å². The minimum Gasteiger partial charge on any atom is -0.507 e. The first-order chi connectivity index (χ1) is 9.13. The normalized spacial score (nSPS) is 26.3. The van der Waals surface area contributed by atoms with Crippen LogP contribution < -0.4 is 4.90 Å². The highest BCUT2D eigenvalue weighted by Crippen LogP contribution is 2.37. The standard InChI is InChI=1S/C16H21NO2/c1-11(18)15-6-5-14(8-16(15)19)17-9-12-3-2-4-13(7-12)10-17/h5-6,8,12-13,19H,2-4,7,9-10H2,1H3. The molecule has 0 radical (unpaired) electrons. The molecular formula is C16H21NO2. The fraction of sp³-hybridized carbons (Fsp3) is 0.562. The lowest BCUT2D eigenvalue weighted by Gasteiger charge is -2.42. The third kappa shape index (κ3) is 2.46. The van der Waals surface area contributed by atoms with E-state index in [1.807, 2.05) is 6.07 Å². The van der Waals surface area contributed by atoms with Crippen molar-refractivity contribution in [2.45, 2.75) is 32.6 Å². The van der Waals surface area contributed by atoms with Gasteiger partial charge in [-0.3, -0.25) is 4.79 Å². The van der Waals surface area contributed by atoms with Crippen molar-refractivity contribution in [2.75, 3.05) is 18.0 Å². The number of aromatic hydroxyl groups is 1. The second kappa shape index (κ2) is 4.87. The Morgan fingerprint density at radius 2 is 1.95 bits per heavy atom. The van der Waals surface area contributed by atoms with Crippen molar-refractivity contribution in [2.24, 2.45) is 11.8 Å². The number of ketones is 1. The highest BCUT2D eigenvalue weighted by atomic mass is 16.3. The fourth-order valence-corrected chi connectivity index (χ4v) is 3.66. The maximum Gasteiger partial charge on any atom is 0.163 e. The molecular weight excluding hydrogens is 238 g/mol. The third-order valence-electron chi connectivity index (χ3n) is 4.57. The Morgan fingerprint density at radius 3 is 2.53 bits per heavy atom. The molecule has 3 nitrogen and oxygen atoms in total. The van der Waals surface area contributed by atoms with E-state index in [1.54, 1.807) is 12.1 Å². The van der Waals surface area contributed by atoms with Crippen LogP contribution in [0, 0.1) is 11.8 Å². The van der Waals surface area contributed by atoms with Crippen molar-refractivity contribution in [3.63, 3.8) is 0 Å². The maximum absolute atomic E-state index is 11.3. The number of nitrogens with zero attached hydrogens (tertiary/aromatic N) is 1. The third-order valence-corrected chi connectivity index (χ3v) is 4.57. The highest BCUT2D eigenvalue weighted by molar-refractivity contribution is 5.97. The molecule has 3 rings (SSSR count). The number of carbonyl (C=O) groups excluding carboxylic acids is 1. The Balaban J connectivity index is 1.82. The summed E-state index contributed by atoms with van der Waals surface area (Å²) in [6.45, 7) is 3.67. The molecule has 1 aromatic rings. The van der Waals surface area contributed by atoms with E-state index in [0.29, 0.717) is 5.56 Å². The molecule has 1 saturated heterocycles. The largest absolute Gasteiger partial charge is 0.507 e. The molecule has 3 heteroatoms. The second-order valence-electron chi connectivity index (χ2n) is 6.06. The first kappa shape index (κ1) is 12.5. The van der Waals surface area contributed by atoms with Crippen LogP contribution in [-0.4, -0.2) is 24.0 Å². The Hall–Kier alpha value is -1.51. The van der Waals surface area contributed by atoms with E-state index in [9.17, 15) is 9.90 Å². The predicted octanol–water partition coefficient (Wildman–Crippen LogP) is 3.22. The molecule has 0 aromatic heterocycles. The van der Waals surface area contributed by atoms with E-state index < -0.39 is 0 Å². The number of hydrogen-bond donors (Lipinski definition) is 1. The number of phenols is 1. The van der Waals surface area contributed by atoms with E-state index in [0.717, 1.165) is 30.6 Å². The van der Waals surface area contributed by atoms with Gasteiger partial charge >= 0.3 is 0 Å². The lowest BCUT2D eigenvalue weighted by Crippen LogP contribution is -2.42. The fourth-order valence-electron chi connectivity index (χ4n) is 3.66. The smallest absolute Gasteiger partial charge is 0.163 e. The number of anilines is 1. The van der Waals surface area contributed by atoms with Crippen molar-refractivity contribution in [1.29, 1.82) is 0 Å². The summed E-state index contributed by atoms with van der Waals surface area (Å²) in [5.74, 6) is 1.64. The van der Waals surface area contributed by atoms with Gasteiger partial charge in [-0.2, -0.15) is 0 Å². The van der Waals surface area contributed by atoms with Gasteiger partial charge in [0.05, 0.1) is 5.56 Å². The van der Waals surface area contributed by atoms with Crippen LogP contribution in [0.3, 0.4) is 0 Å². The quantitative estimate of drug-likeness (QED) is 0.829. The molecule has 102 valence electrons. The van der Waals surface area contributed by atoms with E-state index >= 15 is 0 Å². The highest BCUT2D eigenvalue weighted by Gasteiger charge is 2.30. The summed E-state index contributed by atoms with van der Waals surface area (Å²) in [6.07, 6.45) is 5.42. The van der Waals surface area contributed by atoms with Crippen LogP contribution >= 0.6 is 0 Å². The summed E-state index contributed by atoms with van der Waals surface area (Å²) in [6, 6.07) is 5.46. The molecule has 2 bridgehead atoms. The molecule has 2 unspecified atom stereocenters. The van der Waals surface area contributed by atoms with Gasteiger partial charge < -0.3 is 10.0 Å². The van der Waals surface area contributed by atoms with Gasteiger partial charge in [-0.1, -0.05) is 6.42 Å². The van der Waals surface area contributed by atoms with E-state index in [4.69, 9.17) is 0 Å². The number of phenolic OH excluding ortho intramolecular Hbond substituents is 1. The van der Waals surface area contributed by atoms with Crippen LogP contribution in [0.4, 0.5) is 5.69 Å². The topological polar surface area (TPSA) is 40.5 Å². The van der Waals surface area contributed by atoms with Gasteiger partial charge in [-0.15, -0.1) is 0 Å². The van der Waals surface area contributed by atoms with Crippen molar-refractivity contribution < 1.29 is 9.90 Å². The molecule has 1 N–H and O–H groups in total. The zero-order valence-electron chi connectivity index (χ0n) is 11.4. The molecule has 1 aliphatic carbocycles. The number of carbonyl (C=O) groups is 1. The average Bonchev–Trinajstić information content (AvgIpc) is 2.37. The van der Waals surface area contributed by atoms with Crippen molar-refractivity contribution in [1.82, 2.24) is 0 Å². The minimum absolute atomic E-state index is 0.0837. The molecule has 0 amide bonds. The lowest BCUT2D eigenvalue weighted by atomic mass is 9.78. The molecule has 19 heavy (non-hydrogen) atoms. The van der Waals surface area contributed by atoms with Crippen molar-refractivity contribution >= 4 is 11.5 Å². The molecule has 1 aliphatic heterocycles. The monoisotopic (exact) mass is 259 g/mol. The van der Waals surface area contributed by atoms with Gasteiger partial charge in [0.1, 0.15) is 5.75 Å². The maximum atomic E-state index is 11.3. The van der Waals surface area contributed by atoms with Gasteiger partial charge in [0.25, 0.3) is 0 Å². The molecule has 1 saturated carbocycles. The number of Topliss-reactive ketones (excluding diaryl/α,β-unsaturated/α-hetero) is 1. The van der Waals surface area contributed by atoms with Crippen molar-refractivity contribution in [3.05, 3.63) is 23.8 Å². The Kier molecular flexibility index (Phi) is 3.21. The number of rotatable bonds is 2. The van der Waals surface area contributed by atoms with Gasteiger partial charge in [-0.05, 0) is 50.2 Å². The molecule has 2 aliphatic rings. The summed E-state index contributed by atoms with van der Waals surface area (Å²) >= 11 is 0. The van der Waals surface area contributed by atoms with E-state index in [2.05, 4.69) is 4.90 Å². The van der Waals surface area contributed by atoms with Crippen LogP contribution in [0.5, 0.6) is 5.75 Å². The lowest BCUT2D eigenvalue weighted by molar-refractivity contribution is 0.101. The van der Waals surface area contributed by atoms with Gasteiger partial charge in [0, 0.05) is 24.8 Å². The van der Waals surface area contributed by atoms with Crippen LogP contribution in [0.1, 0.15) is 43.0 Å². The zero-order chi connectivity index (χ0) is 13.4. The number of hydrogen-bond acceptors (Lipinski definition) is 3. The molecule has 2 atom stereocenters. The predicted molar refractivity (Wildman–Crippen MR) is 75.8 cm³/mol. The van der Waals surface area contributed by atoms with Gasteiger partial charge in [0.2, 0.25) is 0 Å². The molecule has 1 heterocycles. The summed E-state index contributed by atoms with van der Waals surface area (Å²) in [5, 5.41) is 9.95. The SMILES string of the molecule is CC(=O)c1ccc(N2CC3CCCC(C3)C2)cc1O. The number of fused-ring (bicyclic) bond motifs is 2. The first-order valence-electron chi connectivity index (χ1n) is 7.22. The molecule has 2 fully saturated rings. The Labute approximate surface area is 114 Å². The second-order valence-corrected chi connectivity index (χ2v) is 6.06. The van der Waals surface area contributed by atoms with Crippen LogP contribution in [0.2, 0.25) is 0 Å². The summed E-state index contributed by atoms with van der Waals surface area (Å²) in [5.41, 5.74) is 1.47. The average molecular weight is 259 g/mol. The van der Waals surface area contributed by atoms with Gasteiger partial charge in [-0.25, -0.2) is 0 Å². The zero-order valence-corrected chi connectivity index (χ0v) is 11.4. The first-order valence-corrected chi connectivity index (χ1v) is 7.22. The Bertz CT molecular complexity index is 486. The number of piperidine rings is 1. The van der Waals surface area contributed by atoms with E-state index in [1.165, 1.54) is 32.6 Å². The van der Waals surface area contributed by atoms with Crippen molar-refractivity contribution in [3.8, 4) is 5.75 Å². The Morgan fingerprint density at radius 1 is 1.26 bits per heavy atom. The van der Waals surface area contributed by atoms with Crippen LogP contribution in [0.25, 0.3) is 0 Å². The summed E-state index contributed by atoms with van der Waals surface area (Å²) in [7, 11) is 0. The summed E-state index contributed by atoms with van der Waals surface area (Å²) in [4.78, 5) is 13.7. The molecule has 0 spiro atoms. The summed E-state index contributed by atoms with van der Waals surface area (Å²) < 4.78 is 0. The van der Waals surface area contributed by atoms with Crippen LogP contribution in [-0.2, 0) is 0 Å². The number of benzene rings is 1. The minimum atomic E-state index is -0.0837. The van der Waals surface area contributed by atoms with E-state index in [-0.39, 0.29) is 11.5 Å². The molecule has 1 aromatic carbocycles.